The average Bonchev–Trinajstić information content (AvgIpc) is 3.32. The van der Waals surface area contributed by atoms with Crippen molar-refractivity contribution < 1.29 is 9.90 Å². The minimum atomic E-state index is -0.265. The largest absolute Gasteiger partial charge is 0.506 e. The summed E-state index contributed by atoms with van der Waals surface area (Å²) >= 11 is 1.42. The van der Waals surface area contributed by atoms with Gasteiger partial charge in [0.25, 0.3) is 5.91 Å². The summed E-state index contributed by atoms with van der Waals surface area (Å²) in [5, 5.41) is 15.2. The summed E-state index contributed by atoms with van der Waals surface area (Å²) in [5.41, 5.74) is 5.46. The lowest BCUT2D eigenvalue weighted by atomic mass is 10.1. The van der Waals surface area contributed by atoms with Crippen LogP contribution in [0.3, 0.4) is 0 Å². The Balaban J connectivity index is 1.35. The Bertz CT molecular complexity index is 1440. The molecule has 2 heterocycles. The van der Waals surface area contributed by atoms with E-state index in [1.165, 1.54) is 17.6 Å². The first-order chi connectivity index (χ1) is 15.7. The van der Waals surface area contributed by atoms with Crippen LogP contribution in [0.25, 0.3) is 21.1 Å². The first-order valence-corrected chi connectivity index (χ1v) is 11.0. The third kappa shape index (κ3) is 3.98. The van der Waals surface area contributed by atoms with Crippen LogP contribution in [-0.2, 0) is 17.8 Å². The fourth-order valence-corrected chi connectivity index (χ4v) is 4.67. The molecule has 3 aromatic carbocycles. The van der Waals surface area contributed by atoms with Gasteiger partial charge < -0.3 is 9.67 Å². The maximum absolute atomic E-state index is 12.7. The van der Waals surface area contributed by atoms with E-state index in [1.807, 2.05) is 83.4 Å². The van der Waals surface area contributed by atoms with Crippen molar-refractivity contribution in [2.24, 2.45) is 5.10 Å². The quantitative estimate of drug-likeness (QED) is 0.297. The molecule has 1 amide bonds. The zero-order chi connectivity index (χ0) is 21.9. The second-order valence-corrected chi connectivity index (χ2v) is 8.45. The van der Waals surface area contributed by atoms with Gasteiger partial charge in [0, 0.05) is 16.5 Å². The first-order valence-electron chi connectivity index (χ1n) is 10.2. The molecule has 6 nitrogen and oxygen atoms in total. The molecule has 0 saturated carbocycles. The summed E-state index contributed by atoms with van der Waals surface area (Å²) < 4.78 is 2.89. The van der Waals surface area contributed by atoms with Gasteiger partial charge in [-0.15, -0.1) is 11.3 Å². The highest BCUT2D eigenvalue weighted by Crippen LogP contribution is 2.35. The van der Waals surface area contributed by atoms with Crippen LogP contribution in [0, 0.1) is 0 Å². The zero-order valence-electron chi connectivity index (χ0n) is 17.1. The Labute approximate surface area is 188 Å². The highest BCUT2D eigenvalue weighted by molar-refractivity contribution is 7.21. The van der Waals surface area contributed by atoms with Crippen LogP contribution in [0.15, 0.2) is 84.0 Å². The summed E-state index contributed by atoms with van der Waals surface area (Å²) in [5.74, 6) is 0.729. The standard InChI is InChI=1S/C25H20N4O2S/c30-24(28-26-15-22-25(31)18-10-4-7-13-21(18)32-22)16-29-20-12-6-5-11-19(20)27-23(29)14-17-8-2-1-3-9-17/h1-13,15,31H,14,16H2,(H,28,30)/b26-15+. The number of hydrogen-bond acceptors (Lipinski definition) is 5. The number of nitrogens with zero attached hydrogens (tertiary/aromatic N) is 3. The molecule has 0 radical (unpaired) electrons. The van der Waals surface area contributed by atoms with E-state index < -0.39 is 0 Å². The van der Waals surface area contributed by atoms with Crippen molar-refractivity contribution in [2.75, 3.05) is 0 Å². The Hall–Kier alpha value is -3.97. The van der Waals surface area contributed by atoms with Crippen molar-refractivity contribution in [3.8, 4) is 5.75 Å². The molecule has 32 heavy (non-hydrogen) atoms. The van der Waals surface area contributed by atoms with Gasteiger partial charge in [0.15, 0.2) is 0 Å². The predicted molar refractivity (Wildman–Crippen MR) is 128 cm³/mol. The molecule has 2 N–H and O–H groups in total. The number of imidazole rings is 1. The van der Waals surface area contributed by atoms with Crippen molar-refractivity contribution in [3.05, 3.63) is 95.1 Å². The third-order valence-corrected chi connectivity index (χ3v) is 6.30. The van der Waals surface area contributed by atoms with Gasteiger partial charge in [-0.1, -0.05) is 54.6 Å². The summed E-state index contributed by atoms with van der Waals surface area (Å²) in [7, 11) is 0. The number of hydrogen-bond donors (Lipinski definition) is 2. The molecule has 2 aromatic heterocycles. The minimum absolute atomic E-state index is 0.0957. The molecule has 0 atom stereocenters. The molecular weight excluding hydrogens is 420 g/mol. The Morgan fingerprint density at radius 2 is 1.78 bits per heavy atom. The zero-order valence-corrected chi connectivity index (χ0v) is 17.9. The summed E-state index contributed by atoms with van der Waals surface area (Å²) in [4.78, 5) is 18.0. The molecule has 0 saturated heterocycles. The smallest absolute Gasteiger partial charge is 0.260 e. The molecule has 7 heteroatoms. The highest BCUT2D eigenvalue weighted by Gasteiger charge is 2.14. The Kier molecular flexibility index (Phi) is 5.39. The summed E-state index contributed by atoms with van der Waals surface area (Å²) in [6.07, 6.45) is 2.11. The van der Waals surface area contributed by atoms with Crippen LogP contribution in [-0.4, -0.2) is 26.8 Å². The molecule has 158 valence electrons. The fourth-order valence-electron chi connectivity index (χ4n) is 3.70. The lowest BCUT2D eigenvalue weighted by Crippen LogP contribution is -2.24. The van der Waals surface area contributed by atoms with E-state index in [-0.39, 0.29) is 18.2 Å². The van der Waals surface area contributed by atoms with Crippen molar-refractivity contribution in [1.29, 1.82) is 0 Å². The summed E-state index contributed by atoms with van der Waals surface area (Å²) in [6, 6.07) is 25.4. The van der Waals surface area contributed by atoms with Gasteiger partial charge in [-0.3, -0.25) is 4.79 Å². The van der Waals surface area contributed by atoms with E-state index >= 15 is 0 Å². The van der Waals surface area contributed by atoms with Crippen LogP contribution in [0.1, 0.15) is 16.3 Å². The number of rotatable bonds is 6. The lowest BCUT2D eigenvalue weighted by molar-refractivity contribution is -0.121. The Morgan fingerprint density at radius 1 is 1.03 bits per heavy atom. The van der Waals surface area contributed by atoms with Crippen LogP contribution in [0.4, 0.5) is 0 Å². The molecule has 0 spiro atoms. The van der Waals surface area contributed by atoms with Crippen molar-refractivity contribution in [1.82, 2.24) is 15.0 Å². The van der Waals surface area contributed by atoms with Crippen molar-refractivity contribution in [3.63, 3.8) is 0 Å². The van der Waals surface area contributed by atoms with Crippen LogP contribution < -0.4 is 5.43 Å². The third-order valence-electron chi connectivity index (χ3n) is 5.21. The van der Waals surface area contributed by atoms with Gasteiger partial charge in [-0.05, 0) is 29.8 Å². The number of aromatic nitrogens is 2. The number of fused-ring (bicyclic) bond motifs is 2. The van der Waals surface area contributed by atoms with Crippen molar-refractivity contribution >= 4 is 44.6 Å². The molecule has 0 aliphatic carbocycles. The van der Waals surface area contributed by atoms with E-state index in [2.05, 4.69) is 10.5 Å². The first kappa shape index (κ1) is 20.0. The second-order valence-electron chi connectivity index (χ2n) is 7.37. The number of benzene rings is 3. The van der Waals surface area contributed by atoms with Gasteiger partial charge in [0.1, 0.15) is 18.1 Å². The van der Waals surface area contributed by atoms with E-state index in [1.54, 1.807) is 0 Å². The van der Waals surface area contributed by atoms with Crippen LogP contribution >= 0.6 is 11.3 Å². The number of amides is 1. The second kappa shape index (κ2) is 8.64. The SMILES string of the molecule is O=C(Cn1c(Cc2ccccc2)nc2ccccc21)N/N=C/c1sc2ccccc2c1O. The molecule has 5 rings (SSSR count). The monoisotopic (exact) mass is 440 g/mol. The number of thiophene rings is 1. The van der Waals surface area contributed by atoms with Gasteiger partial charge in [-0.25, -0.2) is 10.4 Å². The van der Waals surface area contributed by atoms with Gasteiger partial charge in [0.05, 0.1) is 22.1 Å². The molecule has 0 aliphatic rings. The van der Waals surface area contributed by atoms with Crippen molar-refractivity contribution in [2.45, 2.75) is 13.0 Å². The maximum atomic E-state index is 12.7. The average molecular weight is 441 g/mol. The van der Waals surface area contributed by atoms with Crippen LogP contribution in [0.5, 0.6) is 5.75 Å². The number of para-hydroxylation sites is 2. The molecule has 0 unspecified atom stereocenters. The Morgan fingerprint density at radius 3 is 2.62 bits per heavy atom. The highest BCUT2D eigenvalue weighted by atomic mass is 32.1. The fraction of sp³-hybridized carbons (Fsp3) is 0.0800. The summed E-state index contributed by atoms with van der Waals surface area (Å²) in [6.45, 7) is 0.0957. The van der Waals surface area contributed by atoms with Gasteiger partial charge >= 0.3 is 0 Å². The normalized spacial score (nSPS) is 11.5. The molecule has 0 fully saturated rings. The molecule has 0 bridgehead atoms. The minimum Gasteiger partial charge on any atom is -0.506 e. The van der Waals surface area contributed by atoms with E-state index in [4.69, 9.17) is 4.98 Å². The lowest BCUT2D eigenvalue weighted by Gasteiger charge is -2.08. The number of carbonyl (C=O) groups excluding carboxylic acids is 1. The van der Waals surface area contributed by atoms with E-state index in [0.717, 1.165) is 32.5 Å². The van der Waals surface area contributed by atoms with E-state index in [0.29, 0.717) is 11.3 Å². The molecule has 5 aromatic rings. The van der Waals surface area contributed by atoms with Gasteiger partial charge in [0.2, 0.25) is 0 Å². The number of aromatic hydroxyl groups is 1. The van der Waals surface area contributed by atoms with Crippen LogP contribution in [0.2, 0.25) is 0 Å². The topological polar surface area (TPSA) is 79.5 Å². The predicted octanol–water partition coefficient (Wildman–Crippen LogP) is 4.70. The number of carbonyl (C=O) groups is 1. The number of hydrazone groups is 1. The van der Waals surface area contributed by atoms with E-state index in [9.17, 15) is 9.90 Å². The molecule has 0 aliphatic heterocycles. The maximum Gasteiger partial charge on any atom is 0.260 e. The number of nitrogens with one attached hydrogen (secondary N) is 1. The van der Waals surface area contributed by atoms with Gasteiger partial charge in [-0.2, -0.15) is 5.10 Å². The molecular formula is C25H20N4O2S.